The Balaban J connectivity index is 1.27. The number of halogens is 6. The van der Waals surface area contributed by atoms with Crippen LogP contribution in [0.3, 0.4) is 0 Å². The average molecular weight is 526 g/mol. The number of aromatic nitrogens is 5. The number of anilines is 1. The summed E-state index contributed by atoms with van der Waals surface area (Å²) in [5, 5.41) is 9.33. The number of alkyl halides is 5. The van der Waals surface area contributed by atoms with Gasteiger partial charge in [0.1, 0.15) is 11.5 Å². The van der Waals surface area contributed by atoms with Gasteiger partial charge >= 0.3 is 6.18 Å². The molecule has 0 radical (unpaired) electrons. The highest BCUT2D eigenvalue weighted by Crippen LogP contribution is 2.47. The van der Waals surface area contributed by atoms with Gasteiger partial charge < -0.3 is 4.90 Å². The Hall–Kier alpha value is -2.86. The normalized spacial score (nSPS) is 22.2. The first-order chi connectivity index (χ1) is 17.1. The van der Waals surface area contributed by atoms with Gasteiger partial charge in [-0.3, -0.25) is 9.47 Å². The molecule has 190 valence electrons. The lowest BCUT2D eigenvalue weighted by Gasteiger charge is -2.32. The standard InChI is InChI=1S/C23H21ClF5N7/c24-15-1-2-16-14(9-15)11-35(18-10-22(18,25)26)12-19-32-33-20(36(16)19)13-4-7-34(8-5-13)21-30-6-3-17(31-21)23(27,28)29/h1-3,6,9,13,18H,4-5,7-8,10-12H2. The summed E-state index contributed by atoms with van der Waals surface area (Å²) in [6, 6.07) is 5.41. The minimum Gasteiger partial charge on any atom is -0.341 e. The Bertz CT molecular complexity index is 1300. The number of hydrogen-bond donors (Lipinski definition) is 0. The minimum absolute atomic E-state index is 0.0225. The monoisotopic (exact) mass is 525 g/mol. The number of hydrogen-bond acceptors (Lipinski definition) is 6. The van der Waals surface area contributed by atoms with Gasteiger partial charge in [0.05, 0.1) is 18.3 Å². The molecule has 1 unspecified atom stereocenters. The maximum Gasteiger partial charge on any atom is 0.433 e. The van der Waals surface area contributed by atoms with Crippen molar-refractivity contribution in [2.45, 2.75) is 56.4 Å². The topological polar surface area (TPSA) is 63.0 Å². The third-order valence-corrected chi connectivity index (χ3v) is 7.30. The SMILES string of the molecule is FC(F)(F)c1ccnc(N2CCC(c3nnc4n3-c3ccc(Cl)cc3CN(C3CC3(F)F)C4)CC2)n1. The van der Waals surface area contributed by atoms with E-state index in [2.05, 4.69) is 20.2 Å². The summed E-state index contributed by atoms with van der Waals surface area (Å²) >= 11 is 6.24. The Kier molecular flexibility index (Phi) is 5.45. The van der Waals surface area contributed by atoms with E-state index in [-0.39, 0.29) is 24.8 Å². The van der Waals surface area contributed by atoms with Crippen molar-refractivity contribution < 1.29 is 22.0 Å². The van der Waals surface area contributed by atoms with E-state index in [0.29, 0.717) is 49.1 Å². The molecule has 2 aromatic heterocycles. The fourth-order valence-corrected chi connectivity index (χ4v) is 5.32. The highest BCUT2D eigenvalue weighted by atomic mass is 35.5. The number of benzene rings is 1. The Labute approximate surface area is 207 Å². The predicted molar refractivity (Wildman–Crippen MR) is 120 cm³/mol. The van der Waals surface area contributed by atoms with Crippen LogP contribution in [0.1, 0.15) is 48.1 Å². The van der Waals surface area contributed by atoms with Crippen molar-refractivity contribution in [3.05, 3.63) is 58.4 Å². The first-order valence-corrected chi connectivity index (χ1v) is 12.0. The lowest BCUT2D eigenvalue weighted by molar-refractivity contribution is -0.141. The molecule has 1 atom stereocenters. The van der Waals surface area contributed by atoms with E-state index in [1.807, 2.05) is 10.6 Å². The molecule has 0 N–H and O–H groups in total. The van der Waals surface area contributed by atoms with Gasteiger partial charge in [-0.05, 0) is 42.7 Å². The largest absolute Gasteiger partial charge is 0.433 e. The average Bonchev–Trinajstić information content (AvgIpc) is 3.35. The first kappa shape index (κ1) is 23.5. The summed E-state index contributed by atoms with van der Waals surface area (Å²) in [4.78, 5) is 11.2. The van der Waals surface area contributed by atoms with Crippen molar-refractivity contribution in [2.24, 2.45) is 0 Å². The summed E-state index contributed by atoms with van der Waals surface area (Å²) in [5.41, 5.74) is 0.655. The van der Waals surface area contributed by atoms with Gasteiger partial charge in [-0.25, -0.2) is 18.7 Å². The van der Waals surface area contributed by atoms with E-state index in [9.17, 15) is 22.0 Å². The van der Waals surface area contributed by atoms with Gasteiger partial charge in [0.25, 0.3) is 5.92 Å². The molecule has 36 heavy (non-hydrogen) atoms. The van der Waals surface area contributed by atoms with Crippen LogP contribution < -0.4 is 4.90 Å². The predicted octanol–water partition coefficient (Wildman–Crippen LogP) is 4.84. The Morgan fingerprint density at radius 3 is 2.47 bits per heavy atom. The van der Waals surface area contributed by atoms with Gasteiger partial charge in [0, 0.05) is 43.2 Å². The molecule has 1 aliphatic carbocycles. The lowest BCUT2D eigenvalue weighted by Crippen LogP contribution is -2.35. The molecule has 0 amide bonds. The summed E-state index contributed by atoms with van der Waals surface area (Å²) in [7, 11) is 0. The Morgan fingerprint density at radius 1 is 1.03 bits per heavy atom. The maximum absolute atomic E-state index is 13.9. The fraction of sp³-hybridized carbons (Fsp3) is 0.478. The van der Waals surface area contributed by atoms with Crippen molar-refractivity contribution in [3.63, 3.8) is 0 Å². The van der Waals surface area contributed by atoms with Crippen molar-refractivity contribution in [2.75, 3.05) is 18.0 Å². The van der Waals surface area contributed by atoms with E-state index in [1.54, 1.807) is 21.9 Å². The minimum atomic E-state index is -4.54. The molecule has 2 aliphatic heterocycles. The molecular weight excluding hydrogens is 505 g/mol. The second-order valence-corrected chi connectivity index (χ2v) is 9.91. The van der Waals surface area contributed by atoms with E-state index in [1.165, 1.54) is 0 Å². The van der Waals surface area contributed by atoms with Crippen LogP contribution in [0, 0.1) is 0 Å². The van der Waals surface area contributed by atoms with Crippen LogP contribution in [0.4, 0.5) is 27.9 Å². The number of nitrogens with zero attached hydrogens (tertiary/aromatic N) is 7. The Morgan fingerprint density at radius 2 is 1.78 bits per heavy atom. The van der Waals surface area contributed by atoms with E-state index >= 15 is 0 Å². The first-order valence-electron chi connectivity index (χ1n) is 11.6. The van der Waals surface area contributed by atoms with Crippen LogP contribution in [0.2, 0.25) is 5.02 Å². The van der Waals surface area contributed by atoms with Crippen molar-refractivity contribution in [1.29, 1.82) is 0 Å². The second-order valence-electron chi connectivity index (χ2n) is 9.47. The van der Waals surface area contributed by atoms with Crippen molar-refractivity contribution >= 4 is 17.5 Å². The number of fused-ring (bicyclic) bond motifs is 3. The van der Waals surface area contributed by atoms with Crippen LogP contribution in [-0.4, -0.2) is 54.7 Å². The van der Waals surface area contributed by atoms with E-state index in [0.717, 1.165) is 23.5 Å². The van der Waals surface area contributed by atoms with Crippen LogP contribution in [0.5, 0.6) is 0 Å². The molecular formula is C23H21ClF5N7. The van der Waals surface area contributed by atoms with E-state index in [4.69, 9.17) is 11.6 Å². The van der Waals surface area contributed by atoms with Crippen molar-refractivity contribution in [1.82, 2.24) is 29.6 Å². The molecule has 3 aromatic rings. The van der Waals surface area contributed by atoms with Crippen LogP contribution in [0.15, 0.2) is 30.5 Å². The fourth-order valence-electron chi connectivity index (χ4n) is 5.13. The summed E-state index contributed by atoms with van der Waals surface area (Å²) in [5.74, 6) is -1.40. The number of piperidine rings is 1. The molecule has 1 saturated heterocycles. The summed E-state index contributed by atoms with van der Waals surface area (Å²) in [6.07, 6.45) is -2.40. The molecule has 6 rings (SSSR count). The molecule has 7 nitrogen and oxygen atoms in total. The lowest BCUT2D eigenvalue weighted by atomic mass is 9.95. The molecule has 0 bridgehead atoms. The summed E-state index contributed by atoms with van der Waals surface area (Å²) in [6.45, 7) is 1.45. The maximum atomic E-state index is 13.9. The summed E-state index contributed by atoms with van der Waals surface area (Å²) < 4.78 is 69.0. The van der Waals surface area contributed by atoms with Gasteiger partial charge in [0.2, 0.25) is 5.95 Å². The zero-order chi connectivity index (χ0) is 25.2. The third kappa shape index (κ3) is 4.19. The smallest absolute Gasteiger partial charge is 0.341 e. The van der Waals surface area contributed by atoms with Crippen LogP contribution in [0.25, 0.3) is 5.69 Å². The van der Waals surface area contributed by atoms with Gasteiger partial charge in [-0.2, -0.15) is 13.2 Å². The zero-order valence-corrected chi connectivity index (χ0v) is 19.6. The van der Waals surface area contributed by atoms with Crippen molar-refractivity contribution in [3.8, 4) is 5.69 Å². The zero-order valence-electron chi connectivity index (χ0n) is 18.9. The van der Waals surface area contributed by atoms with Gasteiger partial charge in [-0.15, -0.1) is 10.2 Å². The highest BCUT2D eigenvalue weighted by molar-refractivity contribution is 6.30. The molecule has 3 aliphatic rings. The van der Waals surface area contributed by atoms with Crippen LogP contribution in [-0.2, 0) is 19.3 Å². The van der Waals surface area contributed by atoms with Gasteiger partial charge in [0.15, 0.2) is 5.82 Å². The quantitative estimate of drug-likeness (QED) is 0.456. The molecule has 2 fully saturated rings. The molecule has 13 heteroatoms. The van der Waals surface area contributed by atoms with Crippen LogP contribution >= 0.6 is 11.6 Å². The third-order valence-electron chi connectivity index (χ3n) is 7.07. The van der Waals surface area contributed by atoms with E-state index < -0.39 is 23.8 Å². The molecule has 1 aromatic carbocycles. The number of rotatable bonds is 3. The highest BCUT2D eigenvalue weighted by Gasteiger charge is 2.60. The second kappa shape index (κ2) is 8.34. The van der Waals surface area contributed by atoms with Gasteiger partial charge in [-0.1, -0.05) is 11.6 Å². The molecule has 0 spiro atoms. The molecule has 4 heterocycles. The molecule has 1 saturated carbocycles.